The van der Waals surface area contributed by atoms with Crippen LogP contribution < -0.4 is 10.6 Å². The first-order chi connectivity index (χ1) is 13.7. The topological polar surface area (TPSA) is 48.9 Å². The highest BCUT2D eigenvalue weighted by Gasteiger charge is 2.32. The van der Waals surface area contributed by atoms with Crippen LogP contribution in [0, 0.1) is 0 Å². The van der Waals surface area contributed by atoms with Gasteiger partial charge in [0.1, 0.15) is 0 Å². The summed E-state index contributed by atoms with van der Waals surface area (Å²) in [6.07, 6.45) is 6.73. The van der Waals surface area contributed by atoms with Crippen LogP contribution in [0.1, 0.15) is 44.2 Å². The lowest BCUT2D eigenvalue weighted by Gasteiger charge is -2.38. The number of ether oxygens (including phenoxy) is 1. The van der Waals surface area contributed by atoms with E-state index in [0.29, 0.717) is 12.1 Å². The number of rotatable bonds is 6. The Bertz CT molecular complexity index is 610. The number of hydrogen-bond donors (Lipinski definition) is 2. The maximum absolute atomic E-state index is 5.55. The van der Waals surface area contributed by atoms with Crippen LogP contribution in [0.15, 0.2) is 35.3 Å². The molecule has 1 atom stereocenters. The second-order valence-corrected chi connectivity index (χ2v) is 9.24. The number of benzene rings is 1. The van der Waals surface area contributed by atoms with Crippen LogP contribution >= 0.6 is 11.8 Å². The maximum Gasteiger partial charge on any atom is 0.191 e. The van der Waals surface area contributed by atoms with Gasteiger partial charge in [-0.3, -0.25) is 9.89 Å². The molecule has 3 rings (SSSR count). The van der Waals surface area contributed by atoms with Crippen LogP contribution in [0.5, 0.6) is 0 Å². The molecule has 6 heteroatoms. The minimum Gasteiger partial charge on any atom is -0.381 e. The number of hydrogen-bond acceptors (Lipinski definition) is 4. The summed E-state index contributed by atoms with van der Waals surface area (Å²) < 4.78 is 5.82. The third-order valence-corrected chi connectivity index (χ3v) is 7.76. The zero-order valence-electron chi connectivity index (χ0n) is 17.6. The third kappa shape index (κ3) is 5.65. The molecule has 0 saturated carbocycles. The van der Waals surface area contributed by atoms with Crippen molar-refractivity contribution in [1.82, 2.24) is 15.5 Å². The first-order valence-corrected chi connectivity index (χ1v) is 11.8. The smallest absolute Gasteiger partial charge is 0.191 e. The molecule has 28 heavy (non-hydrogen) atoms. The molecular weight excluding hydrogens is 368 g/mol. The highest BCUT2D eigenvalue weighted by Crippen LogP contribution is 2.33. The number of likely N-dealkylation sites (tertiary alicyclic amines) is 1. The Hall–Kier alpha value is -1.24. The molecule has 5 nitrogen and oxygen atoms in total. The Morgan fingerprint density at radius 3 is 2.54 bits per heavy atom. The van der Waals surface area contributed by atoms with Crippen molar-refractivity contribution in [1.29, 1.82) is 0 Å². The summed E-state index contributed by atoms with van der Waals surface area (Å²) in [6, 6.07) is 11.8. The molecule has 2 heterocycles. The molecule has 2 N–H and O–H groups in total. The second kappa shape index (κ2) is 10.5. The van der Waals surface area contributed by atoms with E-state index in [1.54, 1.807) is 0 Å². The van der Waals surface area contributed by atoms with Crippen molar-refractivity contribution in [3.8, 4) is 0 Å². The van der Waals surface area contributed by atoms with E-state index in [-0.39, 0.29) is 4.75 Å². The van der Waals surface area contributed by atoms with Crippen molar-refractivity contribution >= 4 is 17.7 Å². The van der Waals surface area contributed by atoms with Gasteiger partial charge < -0.3 is 15.4 Å². The van der Waals surface area contributed by atoms with Gasteiger partial charge in [0, 0.05) is 56.7 Å². The number of thioether (sulfide) groups is 1. The number of nitrogens with zero attached hydrogens (tertiary/aromatic N) is 2. The maximum atomic E-state index is 5.55. The number of aliphatic imine (C=N–C) groups is 1. The van der Waals surface area contributed by atoms with Crippen molar-refractivity contribution in [3.05, 3.63) is 35.9 Å². The monoisotopic (exact) mass is 404 g/mol. The standard InChI is InChI=1S/C22H36N4OS/c1-18(19-7-5-4-6-8-19)26-13-9-20(10-14-26)25-21(23-2)24-17-22(28-3)11-15-27-16-12-22/h4-8,18,20H,9-17H2,1-3H3,(H2,23,24,25). The van der Waals surface area contributed by atoms with E-state index in [2.05, 4.69) is 64.0 Å². The van der Waals surface area contributed by atoms with E-state index in [1.165, 1.54) is 5.56 Å². The van der Waals surface area contributed by atoms with Crippen LogP contribution in [-0.4, -0.2) is 67.8 Å². The second-order valence-electron chi connectivity index (χ2n) is 7.97. The van der Waals surface area contributed by atoms with Gasteiger partial charge in [-0.15, -0.1) is 0 Å². The average Bonchev–Trinajstić information content (AvgIpc) is 2.78. The summed E-state index contributed by atoms with van der Waals surface area (Å²) in [5.41, 5.74) is 1.41. The largest absolute Gasteiger partial charge is 0.381 e. The van der Waals surface area contributed by atoms with E-state index in [0.717, 1.165) is 64.5 Å². The van der Waals surface area contributed by atoms with Gasteiger partial charge in [-0.1, -0.05) is 30.3 Å². The molecular formula is C22H36N4OS. The predicted molar refractivity (Wildman–Crippen MR) is 120 cm³/mol. The molecule has 1 aromatic rings. The molecule has 2 aliphatic heterocycles. The summed E-state index contributed by atoms with van der Waals surface area (Å²) in [5.74, 6) is 0.939. The molecule has 2 saturated heterocycles. The molecule has 0 amide bonds. The Morgan fingerprint density at radius 2 is 1.93 bits per heavy atom. The molecule has 0 aromatic heterocycles. The average molecular weight is 405 g/mol. The number of guanidine groups is 1. The minimum atomic E-state index is 0.268. The van der Waals surface area contributed by atoms with Crippen molar-refractivity contribution in [2.75, 3.05) is 46.2 Å². The summed E-state index contributed by atoms with van der Waals surface area (Å²) in [6.45, 7) is 7.24. The summed E-state index contributed by atoms with van der Waals surface area (Å²) in [5, 5.41) is 7.24. The van der Waals surface area contributed by atoms with Crippen LogP contribution in [-0.2, 0) is 4.74 Å². The summed E-state index contributed by atoms with van der Waals surface area (Å²) >= 11 is 1.96. The molecule has 2 aliphatic rings. The Kier molecular flexibility index (Phi) is 8.06. The minimum absolute atomic E-state index is 0.268. The zero-order chi connectivity index (χ0) is 19.8. The summed E-state index contributed by atoms with van der Waals surface area (Å²) in [4.78, 5) is 7.07. The first-order valence-electron chi connectivity index (χ1n) is 10.5. The van der Waals surface area contributed by atoms with Gasteiger partial charge in [-0.05, 0) is 44.4 Å². The fourth-order valence-electron chi connectivity index (χ4n) is 4.20. The lowest BCUT2D eigenvalue weighted by atomic mass is 9.99. The quantitative estimate of drug-likeness (QED) is 0.563. The van der Waals surface area contributed by atoms with Crippen LogP contribution in [0.3, 0.4) is 0 Å². The van der Waals surface area contributed by atoms with Gasteiger partial charge in [-0.2, -0.15) is 11.8 Å². The third-order valence-electron chi connectivity index (χ3n) is 6.34. The first kappa shape index (κ1) is 21.5. The molecule has 0 aliphatic carbocycles. The van der Waals surface area contributed by atoms with Crippen LogP contribution in [0.2, 0.25) is 0 Å². The van der Waals surface area contributed by atoms with Gasteiger partial charge in [-0.25, -0.2) is 0 Å². The zero-order valence-corrected chi connectivity index (χ0v) is 18.4. The Balaban J connectivity index is 1.45. The highest BCUT2D eigenvalue weighted by molar-refractivity contribution is 8.00. The van der Waals surface area contributed by atoms with Crippen LogP contribution in [0.4, 0.5) is 0 Å². The lowest BCUT2D eigenvalue weighted by Crippen LogP contribution is -2.52. The van der Waals surface area contributed by atoms with Crippen molar-refractivity contribution in [2.24, 2.45) is 4.99 Å². The van der Waals surface area contributed by atoms with Gasteiger partial charge in [0.2, 0.25) is 0 Å². The predicted octanol–water partition coefficient (Wildman–Crippen LogP) is 3.29. The fourth-order valence-corrected chi connectivity index (χ4v) is 4.99. The molecule has 1 unspecified atom stereocenters. The Labute approximate surface area is 174 Å². The van der Waals surface area contributed by atoms with E-state index in [1.807, 2.05) is 18.8 Å². The van der Waals surface area contributed by atoms with Crippen LogP contribution in [0.25, 0.3) is 0 Å². The molecule has 0 spiro atoms. The van der Waals surface area contributed by atoms with Gasteiger partial charge in [0.05, 0.1) is 0 Å². The summed E-state index contributed by atoms with van der Waals surface area (Å²) in [7, 11) is 1.87. The molecule has 0 radical (unpaired) electrons. The van der Waals surface area contributed by atoms with Crippen molar-refractivity contribution < 1.29 is 4.74 Å². The molecule has 2 fully saturated rings. The van der Waals surface area contributed by atoms with Gasteiger partial charge in [0.15, 0.2) is 5.96 Å². The number of piperidine rings is 1. The number of nitrogens with one attached hydrogen (secondary N) is 2. The molecule has 1 aromatic carbocycles. The van der Waals surface area contributed by atoms with E-state index >= 15 is 0 Å². The fraction of sp³-hybridized carbons (Fsp3) is 0.682. The normalized spacial score (nSPS) is 22.6. The van der Waals surface area contributed by atoms with Crippen molar-refractivity contribution in [2.45, 2.75) is 49.4 Å². The Morgan fingerprint density at radius 1 is 1.25 bits per heavy atom. The SMILES string of the molecule is CN=C(NCC1(SC)CCOCC1)NC1CCN(C(C)c2ccccc2)CC1. The van der Waals surface area contributed by atoms with Gasteiger partial charge >= 0.3 is 0 Å². The van der Waals surface area contributed by atoms with E-state index < -0.39 is 0 Å². The molecule has 156 valence electrons. The van der Waals surface area contributed by atoms with Gasteiger partial charge in [0.25, 0.3) is 0 Å². The van der Waals surface area contributed by atoms with Crippen molar-refractivity contribution in [3.63, 3.8) is 0 Å². The van der Waals surface area contributed by atoms with E-state index in [4.69, 9.17) is 4.74 Å². The lowest BCUT2D eigenvalue weighted by molar-refractivity contribution is 0.0782. The highest BCUT2D eigenvalue weighted by atomic mass is 32.2. The molecule has 0 bridgehead atoms. The van der Waals surface area contributed by atoms with E-state index in [9.17, 15) is 0 Å².